The molecule has 0 saturated carbocycles. The van der Waals surface area contributed by atoms with Crippen molar-refractivity contribution in [1.82, 2.24) is 9.97 Å². The number of amides is 1. The minimum Gasteiger partial charge on any atom is -0.368 e. The number of aromatic nitrogens is 2. The SMILES string of the molecule is O=C(Nc1cnc(N2CCCC2)nc1)[C@@H]1CCCO1. The summed E-state index contributed by atoms with van der Waals surface area (Å²) in [5, 5.41) is 2.79. The lowest BCUT2D eigenvalue weighted by Gasteiger charge is -2.15. The summed E-state index contributed by atoms with van der Waals surface area (Å²) in [5.74, 6) is 0.641. The summed E-state index contributed by atoms with van der Waals surface area (Å²) in [5.41, 5.74) is 0.628. The van der Waals surface area contributed by atoms with Crippen molar-refractivity contribution in [1.29, 1.82) is 0 Å². The second-order valence-electron chi connectivity index (χ2n) is 4.96. The van der Waals surface area contributed by atoms with E-state index < -0.39 is 0 Å². The van der Waals surface area contributed by atoms with Gasteiger partial charge < -0.3 is 15.0 Å². The highest BCUT2D eigenvalue weighted by molar-refractivity contribution is 5.94. The Labute approximate surface area is 112 Å². The molecule has 2 fully saturated rings. The quantitative estimate of drug-likeness (QED) is 0.886. The Morgan fingerprint density at radius 1 is 1.26 bits per heavy atom. The number of hydrogen-bond donors (Lipinski definition) is 1. The lowest BCUT2D eigenvalue weighted by Crippen LogP contribution is -2.27. The zero-order valence-corrected chi connectivity index (χ0v) is 10.8. The molecule has 2 aliphatic heterocycles. The largest absolute Gasteiger partial charge is 0.368 e. The predicted molar refractivity (Wildman–Crippen MR) is 71.1 cm³/mol. The van der Waals surface area contributed by atoms with Gasteiger partial charge in [0.25, 0.3) is 5.91 Å². The van der Waals surface area contributed by atoms with Gasteiger partial charge in [0.1, 0.15) is 6.10 Å². The Kier molecular flexibility index (Phi) is 3.59. The van der Waals surface area contributed by atoms with Crippen LogP contribution in [0.2, 0.25) is 0 Å². The molecule has 1 aromatic heterocycles. The van der Waals surface area contributed by atoms with Gasteiger partial charge in [-0.25, -0.2) is 9.97 Å². The molecule has 1 amide bonds. The molecule has 0 unspecified atom stereocenters. The van der Waals surface area contributed by atoms with Gasteiger partial charge in [-0.1, -0.05) is 0 Å². The van der Waals surface area contributed by atoms with E-state index in [1.807, 2.05) is 0 Å². The van der Waals surface area contributed by atoms with Crippen LogP contribution in [0.15, 0.2) is 12.4 Å². The van der Waals surface area contributed by atoms with E-state index in [4.69, 9.17) is 4.74 Å². The van der Waals surface area contributed by atoms with Crippen LogP contribution in [0.4, 0.5) is 11.6 Å². The van der Waals surface area contributed by atoms with Crippen LogP contribution < -0.4 is 10.2 Å². The Hall–Kier alpha value is -1.69. The van der Waals surface area contributed by atoms with Gasteiger partial charge in [-0.3, -0.25) is 4.79 Å². The van der Waals surface area contributed by atoms with Crippen molar-refractivity contribution in [2.45, 2.75) is 31.8 Å². The van der Waals surface area contributed by atoms with E-state index in [9.17, 15) is 4.79 Å². The molecule has 2 saturated heterocycles. The Morgan fingerprint density at radius 2 is 2.00 bits per heavy atom. The van der Waals surface area contributed by atoms with Crippen LogP contribution in [-0.4, -0.2) is 41.7 Å². The number of anilines is 2. The highest BCUT2D eigenvalue weighted by Crippen LogP contribution is 2.17. The molecule has 0 spiro atoms. The molecule has 3 rings (SSSR count). The van der Waals surface area contributed by atoms with Crippen LogP contribution in [0.3, 0.4) is 0 Å². The van der Waals surface area contributed by atoms with E-state index in [-0.39, 0.29) is 12.0 Å². The van der Waals surface area contributed by atoms with Crippen molar-refractivity contribution in [2.75, 3.05) is 29.9 Å². The van der Waals surface area contributed by atoms with Crippen molar-refractivity contribution in [3.63, 3.8) is 0 Å². The molecule has 0 aromatic carbocycles. The molecule has 1 aromatic rings. The van der Waals surface area contributed by atoms with Gasteiger partial charge in [0.05, 0.1) is 18.1 Å². The molecule has 0 aliphatic carbocycles. The predicted octanol–water partition coefficient (Wildman–Crippen LogP) is 1.19. The van der Waals surface area contributed by atoms with E-state index in [0.717, 1.165) is 31.9 Å². The zero-order chi connectivity index (χ0) is 13.1. The molecule has 19 heavy (non-hydrogen) atoms. The summed E-state index contributed by atoms with van der Waals surface area (Å²) in [4.78, 5) is 22.6. The van der Waals surface area contributed by atoms with Crippen molar-refractivity contribution in [3.05, 3.63) is 12.4 Å². The van der Waals surface area contributed by atoms with E-state index in [1.54, 1.807) is 12.4 Å². The minimum absolute atomic E-state index is 0.102. The summed E-state index contributed by atoms with van der Waals surface area (Å²) in [6, 6.07) is 0. The van der Waals surface area contributed by atoms with Gasteiger partial charge in [0, 0.05) is 19.7 Å². The van der Waals surface area contributed by atoms with Crippen LogP contribution >= 0.6 is 0 Å². The third-order valence-electron chi connectivity index (χ3n) is 3.52. The highest BCUT2D eigenvalue weighted by Gasteiger charge is 2.23. The van der Waals surface area contributed by atoms with Crippen molar-refractivity contribution < 1.29 is 9.53 Å². The molecular formula is C13H18N4O2. The fourth-order valence-corrected chi connectivity index (χ4v) is 2.47. The van der Waals surface area contributed by atoms with Gasteiger partial charge in [0.2, 0.25) is 5.95 Å². The van der Waals surface area contributed by atoms with E-state index in [2.05, 4.69) is 20.2 Å². The summed E-state index contributed by atoms with van der Waals surface area (Å²) in [6.07, 6.45) is 7.13. The molecule has 6 nitrogen and oxygen atoms in total. The fraction of sp³-hybridized carbons (Fsp3) is 0.615. The number of hydrogen-bond acceptors (Lipinski definition) is 5. The topological polar surface area (TPSA) is 67.4 Å². The maximum absolute atomic E-state index is 11.9. The first-order valence-corrected chi connectivity index (χ1v) is 6.82. The van der Waals surface area contributed by atoms with E-state index in [0.29, 0.717) is 12.3 Å². The minimum atomic E-state index is -0.321. The van der Waals surface area contributed by atoms with Gasteiger partial charge in [-0.15, -0.1) is 0 Å². The average Bonchev–Trinajstić information content (AvgIpc) is 3.13. The Balaban J connectivity index is 1.60. The fourth-order valence-electron chi connectivity index (χ4n) is 2.47. The first-order valence-electron chi connectivity index (χ1n) is 6.82. The molecule has 1 N–H and O–H groups in total. The van der Waals surface area contributed by atoms with Crippen LogP contribution in [0.5, 0.6) is 0 Å². The lowest BCUT2D eigenvalue weighted by molar-refractivity contribution is -0.124. The number of rotatable bonds is 3. The summed E-state index contributed by atoms with van der Waals surface area (Å²) in [6.45, 7) is 2.70. The van der Waals surface area contributed by atoms with Gasteiger partial charge in [-0.05, 0) is 25.7 Å². The van der Waals surface area contributed by atoms with Crippen LogP contribution in [0.25, 0.3) is 0 Å². The second kappa shape index (κ2) is 5.52. The first-order chi connectivity index (χ1) is 9.33. The first kappa shape index (κ1) is 12.3. The third kappa shape index (κ3) is 2.84. The molecule has 1 atom stereocenters. The molecule has 6 heteroatoms. The third-order valence-corrected chi connectivity index (χ3v) is 3.52. The Morgan fingerprint density at radius 3 is 2.63 bits per heavy atom. The number of carbonyl (C=O) groups is 1. The number of carbonyl (C=O) groups excluding carboxylic acids is 1. The van der Waals surface area contributed by atoms with E-state index in [1.165, 1.54) is 12.8 Å². The maximum Gasteiger partial charge on any atom is 0.253 e. The monoisotopic (exact) mass is 262 g/mol. The highest BCUT2D eigenvalue weighted by atomic mass is 16.5. The van der Waals surface area contributed by atoms with Crippen molar-refractivity contribution in [3.8, 4) is 0 Å². The molecule has 0 bridgehead atoms. The van der Waals surface area contributed by atoms with Gasteiger partial charge in [0.15, 0.2) is 0 Å². The summed E-state index contributed by atoms with van der Waals surface area (Å²) in [7, 11) is 0. The normalized spacial score (nSPS) is 22.7. The van der Waals surface area contributed by atoms with Crippen LogP contribution in [0, 0.1) is 0 Å². The summed E-state index contributed by atoms with van der Waals surface area (Å²) < 4.78 is 5.33. The average molecular weight is 262 g/mol. The van der Waals surface area contributed by atoms with Crippen molar-refractivity contribution >= 4 is 17.5 Å². The maximum atomic E-state index is 11.9. The number of nitrogens with zero attached hydrogens (tertiary/aromatic N) is 3. The number of nitrogens with one attached hydrogen (secondary N) is 1. The molecular weight excluding hydrogens is 244 g/mol. The van der Waals surface area contributed by atoms with Crippen LogP contribution in [-0.2, 0) is 9.53 Å². The van der Waals surface area contributed by atoms with Gasteiger partial charge >= 0.3 is 0 Å². The van der Waals surface area contributed by atoms with E-state index >= 15 is 0 Å². The van der Waals surface area contributed by atoms with Crippen molar-refractivity contribution in [2.24, 2.45) is 0 Å². The smallest absolute Gasteiger partial charge is 0.253 e. The van der Waals surface area contributed by atoms with Gasteiger partial charge in [-0.2, -0.15) is 0 Å². The number of ether oxygens (including phenoxy) is 1. The molecule has 0 radical (unpaired) electrons. The molecule has 102 valence electrons. The molecule has 3 heterocycles. The lowest BCUT2D eigenvalue weighted by atomic mass is 10.2. The standard InChI is InChI=1S/C13H18N4O2/c18-12(11-4-3-7-19-11)16-10-8-14-13(15-9-10)17-5-1-2-6-17/h8-9,11H,1-7H2,(H,16,18)/t11-/m0/s1. The zero-order valence-electron chi connectivity index (χ0n) is 10.8. The molecule has 2 aliphatic rings. The summed E-state index contributed by atoms with van der Waals surface area (Å²) >= 11 is 0. The Bertz CT molecular complexity index is 436. The second-order valence-corrected chi connectivity index (χ2v) is 4.96. The van der Waals surface area contributed by atoms with Crippen LogP contribution in [0.1, 0.15) is 25.7 Å².